The van der Waals surface area contributed by atoms with Crippen LogP contribution in [0.25, 0.3) is 21.6 Å². The van der Waals surface area contributed by atoms with E-state index in [9.17, 15) is 18.0 Å². The van der Waals surface area contributed by atoms with Gasteiger partial charge in [0, 0.05) is 22.5 Å². The summed E-state index contributed by atoms with van der Waals surface area (Å²) in [5, 5.41) is 16.6. The normalized spacial score (nSPS) is 18.5. The van der Waals surface area contributed by atoms with Crippen LogP contribution in [0.4, 0.5) is 18.9 Å². The molecule has 0 bridgehead atoms. The highest BCUT2D eigenvalue weighted by atomic mass is 32.1. The SMILES string of the molecule is CCC1(C(=O)NCc2nnc(-c3cc4c(NC5CCN(C)CC5)cccc4n3CC(F)(F)F)s2)CC1. The molecule has 1 amide bonds. The van der Waals surface area contributed by atoms with Gasteiger partial charge in [-0.3, -0.25) is 4.79 Å². The van der Waals surface area contributed by atoms with Crippen molar-refractivity contribution in [3.8, 4) is 10.7 Å². The number of fused-ring (bicyclic) bond motifs is 1. The van der Waals surface area contributed by atoms with Crippen molar-refractivity contribution in [2.24, 2.45) is 5.41 Å². The minimum atomic E-state index is -4.39. The van der Waals surface area contributed by atoms with E-state index in [0.29, 0.717) is 21.2 Å². The van der Waals surface area contributed by atoms with Gasteiger partial charge in [0.05, 0.1) is 17.8 Å². The van der Waals surface area contributed by atoms with Crippen LogP contribution >= 0.6 is 11.3 Å². The van der Waals surface area contributed by atoms with Gasteiger partial charge in [-0.2, -0.15) is 13.2 Å². The van der Waals surface area contributed by atoms with Crippen LogP contribution in [0.3, 0.4) is 0 Å². The van der Waals surface area contributed by atoms with Crippen LogP contribution in [0.15, 0.2) is 24.3 Å². The summed E-state index contributed by atoms with van der Waals surface area (Å²) in [4.78, 5) is 14.7. The fourth-order valence-electron chi connectivity index (χ4n) is 4.97. The molecule has 1 saturated heterocycles. The lowest BCUT2D eigenvalue weighted by Gasteiger charge is -2.30. The average molecular weight is 521 g/mol. The zero-order valence-electron chi connectivity index (χ0n) is 20.5. The first kappa shape index (κ1) is 25.0. The van der Waals surface area contributed by atoms with Gasteiger partial charge in [0.25, 0.3) is 0 Å². The average Bonchev–Trinajstić information content (AvgIpc) is 3.37. The minimum Gasteiger partial charge on any atom is -0.382 e. The van der Waals surface area contributed by atoms with Crippen molar-refractivity contribution in [1.29, 1.82) is 0 Å². The predicted molar refractivity (Wildman–Crippen MR) is 135 cm³/mol. The van der Waals surface area contributed by atoms with Crippen LogP contribution < -0.4 is 10.6 Å². The smallest absolute Gasteiger partial charge is 0.382 e. The molecule has 11 heteroatoms. The van der Waals surface area contributed by atoms with Gasteiger partial charge in [-0.1, -0.05) is 24.3 Å². The highest BCUT2D eigenvalue weighted by Crippen LogP contribution is 2.48. The maximum Gasteiger partial charge on any atom is 0.406 e. The standard InChI is InChI=1S/C25H31F3N6OS/c1-3-24(9-10-24)23(35)29-14-21-31-32-22(36-21)20-13-17-18(30-16-7-11-33(2)12-8-16)5-4-6-19(17)34(20)15-25(26,27)28/h4-6,13,16,30H,3,7-12,14-15H2,1-2H3,(H,29,35). The molecule has 3 aromatic rings. The second kappa shape index (κ2) is 9.66. The Morgan fingerprint density at radius 2 is 1.97 bits per heavy atom. The van der Waals surface area contributed by atoms with E-state index >= 15 is 0 Å². The number of carbonyl (C=O) groups is 1. The molecule has 2 N–H and O–H groups in total. The summed E-state index contributed by atoms with van der Waals surface area (Å²) in [6.07, 6.45) is 0.149. The Morgan fingerprint density at radius 3 is 2.64 bits per heavy atom. The number of rotatable bonds is 8. The molecule has 7 nitrogen and oxygen atoms in total. The number of nitrogens with one attached hydrogen (secondary N) is 2. The van der Waals surface area contributed by atoms with Crippen molar-refractivity contribution in [2.45, 2.75) is 64.3 Å². The molecule has 2 aromatic heterocycles. The van der Waals surface area contributed by atoms with Crippen molar-refractivity contribution in [3.63, 3.8) is 0 Å². The molecule has 1 saturated carbocycles. The van der Waals surface area contributed by atoms with E-state index in [2.05, 4.69) is 32.8 Å². The molecule has 1 aromatic carbocycles. The number of nitrogens with zero attached hydrogens (tertiary/aromatic N) is 4. The number of halogens is 3. The van der Waals surface area contributed by atoms with Gasteiger partial charge in [-0.05, 0) is 70.4 Å². The Hall–Kier alpha value is -2.66. The Balaban J connectivity index is 1.43. The lowest BCUT2D eigenvalue weighted by Crippen LogP contribution is -2.36. The van der Waals surface area contributed by atoms with E-state index < -0.39 is 12.7 Å². The predicted octanol–water partition coefficient (Wildman–Crippen LogP) is 5.03. The number of alkyl halides is 3. The molecule has 36 heavy (non-hydrogen) atoms. The van der Waals surface area contributed by atoms with Crippen LogP contribution in [-0.2, 0) is 17.9 Å². The molecule has 5 rings (SSSR count). The summed E-state index contributed by atoms with van der Waals surface area (Å²) >= 11 is 1.21. The largest absolute Gasteiger partial charge is 0.406 e. The Labute approximate surface area is 212 Å². The second-order valence-electron chi connectivity index (χ2n) is 10.0. The van der Waals surface area contributed by atoms with Crippen molar-refractivity contribution in [1.82, 2.24) is 25.0 Å². The molecule has 2 aliphatic rings. The summed E-state index contributed by atoms with van der Waals surface area (Å²) in [6.45, 7) is 3.08. The summed E-state index contributed by atoms with van der Waals surface area (Å²) in [5.74, 6) is 0.0116. The number of amides is 1. The lowest BCUT2D eigenvalue weighted by atomic mass is 10.0. The van der Waals surface area contributed by atoms with Crippen molar-refractivity contribution < 1.29 is 18.0 Å². The maximum absolute atomic E-state index is 13.6. The summed E-state index contributed by atoms with van der Waals surface area (Å²) in [6, 6.07) is 7.48. The summed E-state index contributed by atoms with van der Waals surface area (Å²) < 4.78 is 42.1. The topological polar surface area (TPSA) is 75.1 Å². The third-order valence-electron chi connectivity index (χ3n) is 7.46. The number of hydrogen-bond donors (Lipinski definition) is 2. The van der Waals surface area contributed by atoms with Crippen LogP contribution in [0, 0.1) is 5.41 Å². The highest BCUT2D eigenvalue weighted by molar-refractivity contribution is 7.14. The lowest BCUT2D eigenvalue weighted by molar-refractivity contribution is -0.139. The molecule has 0 radical (unpaired) electrons. The first-order valence-corrected chi connectivity index (χ1v) is 13.2. The van der Waals surface area contributed by atoms with E-state index in [4.69, 9.17) is 0 Å². The summed E-state index contributed by atoms with van der Waals surface area (Å²) in [7, 11) is 2.09. The van der Waals surface area contributed by atoms with Gasteiger partial charge in [-0.15, -0.1) is 10.2 Å². The zero-order valence-corrected chi connectivity index (χ0v) is 21.3. The van der Waals surface area contributed by atoms with Crippen LogP contribution in [0.1, 0.15) is 44.0 Å². The van der Waals surface area contributed by atoms with E-state index in [-0.39, 0.29) is 23.9 Å². The van der Waals surface area contributed by atoms with Gasteiger partial charge < -0.3 is 20.1 Å². The van der Waals surface area contributed by atoms with Gasteiger partial charge in [0.15, 0.2) is 5.01 Å². The molecule has 0 spiro atoms. The quantitative estimate of drug-likeness (QED) is 0.436. The Bertz CT molecular complexity index is 1240. The summed E-state index contributed by atoms with van der Waals surface area (Å²) in [5.41, 5.74) is 1.45. The number of piperidine rings is 1. The molecule has 0 atom stereocenters. The van der Waals surface area contributed by atoms with Crippen molar-refractivity contribution in [2.75, 3.05) is 25.5 Å². The van der Waals surface area contributed by atoms with E-state index in [0.717, 1.165) is 56.3 Å². The Kier molecular flexibility index (Phi) is 6.71. The molecule has 2 fully saturated rings. The highest BCUT2D eigenvalue weighted by Gasteiger charge is 2.47. The molecule has 3 heterocycles. The van der Waals surface area contributed by atoms with Crippen molar-refractivity contribution in [3.05, 3.63) is 29.3 Å². The number of anilines is 1. The molecule has 0 unspecified atom stereocenters. The molecular formula is C25H31F3N6OS. The van der Waals surface area contributed by atoms with Gasteiger partial charge in [-0.25, -0.2) is 0 Å². The minimum absolute atomic E-state index is 0.0116. The van der Waals surface area contributed by atoms with Gasteiger partial charge in [0.1, 0.15) is 11.6 Å². The van der Waals surface area contributed by atoms with E-state index in [1.807, 2.05) is 13.0 Å². The van der Waals surface area contributed by atoms with Crippen LogP contribution in [0.2, 0.25) is 0 Å². The third-order valence-corrected chi connectivity index (χ3v) is 8.41. The monoisotopic (exact) mass is 520 g/mol. The van der Waals surface area contributed by atoms with Gasteiger partial charge in [0.2, 0.25) is 5.91 Å². The van der Waals surface area contributed by atoms with Crippen LogP contribution in [-0.4, -0.2) is 57.9 Å². The number of likely N-dealkylation sites (tertiary alicyclic amines) is 1. The number of aromatic nitrogens is 3. The number of hydrogen-bond acceptors (Lipinski definition) is 6. The molecular weight excluding hydrogens is 489 g/mol. The maximum atomic E-state index is 13.6. The molecule has 1 aliphatic heterocycles. The van der Waals surface area contributed by atoms with Gasteiger partial charge >= 0.3 is 6.18 Å². The fraction of sp³-hybridized carbons (Fsp3) is 0.560. The van der Waals surface area contributed by atoms with E-state index in [1.165, 1.54) is 15.9 Å². The first-order chi connectivity index (χ1) is 17.2. The molecule has 1 aliphatic carbocycles. The van der Waals surface area contributed by atoms with E-state index in [1.54, 1.807) is 18.2 Å². The number of benzene rings is 1. The molecule has 194 valence electrons. The Morgan fingerprint density at radius 1 is 1.22 bits per heavy atom. The van der Waals surface area contributed by atoms with Crippen molar-refractivity contribution >= 4 is 33.8 Å². The second-order valence-corrected chi connectivity index (χ2v) is 11.1. The van der Waals surface area contributed by atoms with Crippen LogP contribution in [0.5, 0.6) is 0 Å². The zero-order chi connectivity index (χ0) is 25.5. The first-order valence-electron chi connectivity index (χ1n) is 12.4. The number of carbonyl (C=O) groups excluding carboxylic acids is 1. The third kappa shape index (κ3) is 5.22. The fourth-order valence-corrected chi connectivity index (χ4v) is 5.78.